The number of halogens is 7. The van der Waals surface area contributed by atoms with Crippen molar-refractivity contribution in [3.05, 3.63) is 90.0 Å². The summed E-state index contributed by atoms with van der Waals surface area (Å²) in [4.78, 5) is 0. The molecule has 0 aliphatic carbocycles. The highest BCUT2D eigenvalue weighted by Gasteiger charge is 2.44. The normalized spacial score (nSPS) is 14.0. The van der Waals surface area contributed by atoms with Crippen molar-refractivity contribution in [3.63, 3.8) is 0 Å². The molecular weight excluding hydrogens is 483 g/mol. The van der Waals surface area contributed by atoms with E-state index in [2.05, 4.69) is 10.1 Å². The van der Waals surface area contributed by atoms with Gasteiger partial charge in [-0.25, -0.2) is 0 Å². The fraction of sp³-hybridized carbons (Fsp3) is 0.250. The molecule has 0 bridgehead atoms. The Labute approximate surface area is 195 Å². The third-order valence-corrected chi connectivity index (χ3v) is 4.76. The topological polar surface area (TPSA) is 50.7 Å². The summed E-state index contributed by atoms with van der Waals surface area (Å²) < 4.78 is 100. The maximum Gasteiger partial charge on any atom is 0.461 e. The molecule has 0 spiro atoms. The van der Waals surface area contributed by atoms with Gasteiger partial charge in [0.05, 0.1) is 6.04 Å². The lowest BCUT2D eigenvalue weighted by Crippen LogP contribution is -2.40. The summed E-state index contributed by atoms with van der Waals surface area (Å²) in [5, 5.41) is 12.0. The molecule has 0 aliphatic heterocycles. The van der Waals surface area contributed by atoms with E-state index in [0.29, 0.717) is 17.1 Å². The van der Waals surface area contributed by atoms with Crippen LogP contribution in [0.3, 0.4) is 0 Å². The molecule has 3 aromatic carbocycles. The number of nitrogens with one attached hydrogen (secondary N) is 1. The monoisotopic (exact) mass is 503 g/mol. The van der Waals surface area contributed by atoms with Crippen LogP contribution in [0.1, 0.15) is 17.2 Å². The van der Waals surface area contributed by atoms with E-state index in [1.807, 2.05) is 0 Å². The number of benzene rings is 3. The zero-order valence-electron chi connectivity index (χ0n) is 17.9. The Morgan fingerprint density at radius 3 is 1.86 bits per heavy atom. The molecule has 4 nitrogen and oxygen atoms in total. The van der Waals surface area contributed by atoms with Crippen LogP contribution in [0.2, 0.25) is 0 Å². The van der Waals surface area contributed by atoms with Crippen molar-refractivity contribution in [3.8, 4) is 17.2 Å². The Morgan fingerprint density at radius 2 is 1.29 bits per heavy atom. The van der Waals surface area contributed by atoms with E-state index in [1.165, 1.54) is 24.3 Å². The predicted molar refractivity (Wildman–Crippen MR) is 113 cm³/mol. The summed E-state index contributed by atoms with van der Waals surface area (Å²) in [6, 6.07) is 18.4. The smallest absolute Gasteiger partial charge is 0.457 e. The zero-order valence-corrected chi connectivity index (χ0v) is 17.9. The molecule has 0 aliphatic rings. The van der Waals surface area contributed by atoms with E-state index in [4.69, 9.17) is 4.74 Å². The maximum absolute atomic E-state index is 13.4. The van der Waals surface area contributed by atoms with Gasteiger partial charge in [-0.3, -0.25) is 0 Å². The van der Waals surface area contributed by atoms with E-state index < -0.39 is 43.2 Å². The molecule has 0 radical (unpaired) electrons. The lowest BCUT2D eigenvalue weighted by molar-refractivity contribution is -0.253. The fourth-order valence-corrected chi connectivity index (χ4v) is 3.11. The SMILES string of the molecule is OC(CNC(c1cccc(Oc2ccccc2)c1)c1cccc(OC(F)(F)C(F)F)c1)C(F)(F)F. The Morgan fingerprint density at radius 1 is 0.743 bits per heavy atom. The van der Waals surface area contributed by atoms with Gasteiger partial charge in [-0.1, -0.05) is 42.5 Å². The van der Waals surface area contributed by atoms with Gasteiger partial charge in [0.25, 0.3) is 0 Å². The number of hydrogen-bond donors (Lipinski definition) is 2. The Kier molecular flexibility index (Phi) is 8.23. The van der Waals surface area contributed by atoms with Gasteiger partial charge < -0.3 is 19.9 Å². The van der Waals surface area contributed by atoms with E-state index in [-0.39, 0.29) is 5.56 Å². The first kappa shape index (κ1) is 26.3. The van der Waals surface area contributed by atoms with Gasteiger partial charge in [-0.05, 0) is 47.5 Å². The molecule has 11 heteroatoms. The number of alkyl halides is 7. The first-order valence-electron chi connectivity index (χ1n) is 10.2. The van der Waals surface area contributed by atoms with Crippen LogP contribution in [0.15, 0.2) is 78.9 Å². The average molecular weight is 503 g/mol. The van der Waals surface area contributed by atoms with Crippen molar-refractivity contribution in [1.82, 2.24) is 5.32 Å². The summed E-state index contributed by atoms with van der Waals surface area (Å²) in [7, 11) is 0. The van der Waals surface area contributed by atoms with Gasteiger partial charge in [0.15, 0.2) is 6.10 Å². The third-order valence-electron chi connectivity index (χ3n) is 4.76. The summed E-state index contributed by atoms with van der Waals surface area (Å²) in [5.41, 5.74) is 0.476. The standard InChI is InChI=1S/C24H20F7NO3/c25-22(26)24(30,31)35-19-11-5-7-16(13-19)21(32-14-20(33)23(27,28)29)15-6-4-10-18(12-15)34-17-8-2-1-3-9-17/h1-13,20-22,32-33H,14H2. The van der Waals surface area contributed by atoms with Crippen molar-refractivity contribution in [2.75, 3.05) is 6.54 Å². The fourth-order valence-electron chi connectivity index (χ4n) is 3.11. The van der Waals surface area contributed by atoms with Gasteiger partial charge >= 0.3 is 18.7 Å². The molecule has 35 heavy (non-hydrogen) atoms. The molecular formula is C24H20F7NO3. The Balaban J connectivity index is 1.93. The van der Waals surface area contributed by atoms with Crippen LogP contribution >= 0.6 is 0 Å². The van der Waals surface area contributed by atoms with Crippen molar-refractivity contribution >= 4 is 0 Å². The van der Waals surface area contributed by atoms with E-state index in [0.717, 1.165) is 12.1 Å². The molecule has 0 amide bonds. The summed E-state index contributed by atoms with van der Waals surface area (Å²) in [6.07, 6.45) is -16.5. The van der Waals surface area contributed by atoms with Crippen molar-refractivity contribution in [2.45, 2.75) is 30.9 Å². The van der Waals surface area contributed by atoms with Gasteiger partial charge in [0.1, 0.15) is 17.2 Å². The Bertz CT molecular complexity index is 1090. The number of hydrogen-bond acceptors (Lipinski definition) is 4. The zero-order chi connectivity index (χ0) is 25.6. The van der Waals surface area contributed by atoms with E-state index >= 15 is 0 Å². The van der Waals surface area contributed by atoms with Crippen LogP contribution < -0.4 is 14.8 Å². The van der Waals surface area contributed by atoms with Crippen LogP contribution in [0.4, 0.5) is 30.7 Å². The third kappa shape index (κ3) is 7.33. The minimum atomic E-state index is -4.90. The lowest BCUT2D eigenvalue weighted by Gasteiger charge is -2.24. The number of ether oxygens (including phenoxy) is 2. The molecule has 2 unspecified atom stereocenters. The van der Waals surface area contributed by atoms with E-state index in [1.54, 1.807) is 42.5 Å². The minimum absolute atomic E-state index is 0.124. The molecule has 3 rings (SSSR count). The maximum atomic E-state index is 13.4. The lowest BCUT2D eigenvalue weighted by atomic mass is 9.98. The molecule has 0 saturated carbocycles. The Hall–Kier alpha value is -3.31. The summed E-state index contributed by atoms with van der Waals surface area (Å²) in [5.74, 6) is 0.201. The molecule has 0 saturated heterocycles. The second-order valence-corrected chi connectivity index (χ2v) is 7.42. The van der Waals surface area contributed by atoms with Crippen LogP contribution in [0, 0.1) is 0 Å². The van der Waals surface area contributed by atoms with Gasteiger partial charge in [0.2, 0.25) is 0 Å². The molecule has 2 atom stereocenters. The largest absolute Gasteiger partial charge is 0.461 e. The second-order valence-electron chi connectivity index (χ2n) is 7.42. The quantitative estimate of drug-likeness (QED) is 0.318. The number of rotatable bonds is 10. The number of aliphatic hydroxyl groups is 1. The molecule has 3 aromatic rings. The second kappa shape index (κ2) is 11.0. The van der Waals surface area contributed by atoms with Crippen LogP contribution in [0.25, 0.3) is 0 Å². The van der Waals surface area contributed by atoms with Crippen LogP contribution in [-0.4, -0.2) is 36.5 Å². The number of aliphatic hydroxyl groups excluding tert-OH is 1. The summed E-state index contributed by atoms with van der Waals surface area (Å²) >= 11 is 0. The average Bonchev–Trinajstić information content (AvgIpc) is 2.79. The van der Waals surface area contributed by atoms with E-state index in [9.17, 15) is 35.8 Å². The van der Waals surface area contributed by atoms with Crippen LogP contribution in [0.5, 0.6) is 17.2 Å². The number of para-hydroxylation sites is 1. The van der Waals surface area contributed by atoms with Crippen molar-refractivity contribution < 1.29 is 45.3 Å². The highest BCUT2D eigenvalue weighted by molar-refractivity contribution is 5.41. The first-order chi connectivity index (χ1) is 16.5. The minimum Gasteiger partial charge on any atom is -0.457 e. The molecule has 2 N–H and O–H groups in total. The highest BCUT2D eigenvalue weighted by Crippen LogP contribution is 2.33. The van der Waals surface area contributed by atoms with Crippen molar-refractivity contribution in [1.29, 1.82) is 0 Å². The molecule has 0 fully saturated rings. The molecule has 188 valence electrons. The predicted octanol–water partition coefficient (Wildman–Crippen LogP) is 6.32. The van der Waals surface area contributed by atoms with Gasteiger partial charge in [-0.15, -0.1) is 0 Å². The molecule has 0 heterocycles. The summed E-state index contributed by atoms with van der Waals surface area (Å²) in [6.45, 7) is -0.934. The van der Waals surface area contributed by atoms with Crippen molar-refractivity contribution in [2.24, 2.45) is 0 Å². The highest BCUT2D eigenvalue weighted by atomic mass is 19.4. The van der Waals surface area contributed by atoms with Crippen LogP contribution in [-0.2, 0) is 0 Å². The first-order valence-corrected chi connectivity index (χ1v) is 10.2. The van der Waals surface area contributed by atoms with Gasteiger partial charge in [0, 0.05) is 6.54 Å². The molecule has 0 aromatic heterocycles. The van der Waals surface area contributed by atoms with Gasteiger partial charge in [-0.2, -0.15) is 30.7 Å².